The first-order chi connectivity index (χ1) is 32.0. The molecule has 6 heterocycles. The van der Waals surface area contributed by atoms with Crippen LogP contribution in [-0.4, -0.2) is 103 Å². The number of aromatic nitrogens is 6. The van der Waals surface area contributed by atoms with Gasteiger partial charge in [-0.1, -0.05) is 17.9 Å². The monoisotopic (exact) mass is 905 g/mol. The summed E-state index contributed by atoms with van der Waals surface area (Å²) in [6, 6.07) is 8.33. The number of hydrogen-bond donors (Lipinski definition) is 3. The number of piperidine rings is 2. The van der Waals surface area contributed by atoms with Crippen molar-refractivity contribution >= 4 is 40.3 Å². The fourth-order valence-corrected chi connectivity index (χ4v) is 9.86. The van der Waals surface area contributed by atoms with Crippen molar-refractivity contribution in [1.82, 2.24) is 44.0 Å². The number of anilines is 2. The molecule has 2 saturated heterocycles. The Labute approximate surface area is 381 Å². The molecule has 1 unspecified atom stereocenters. The molecule has 9 rings (SSSR count). The predicted molar refractivity (Wildman–Crippen MR) is 244 cm³/mol. The average Bonchev–Trinajstić information content (AvgIpc) is 3.71. The molecular formula is C48H57F2N11O5. The van der Waals surface area contributed by atoms with Gasteiger partial charge in [-0.15, -0.1) is 0 Å². The Morgan fingerprint density at radius 1 is 1.00 bits per heavy atom. The maximum atomic E-state index is 14.2. The van der Waals surface area contributed by atoms with Gasteiger partial charge in [-0.3, -0.25) is 33.5 Å². The average molecular weight is 906 g/mol. The number of likely N-dealkylation sites (tertiary alicyclic amines) is 1. The summed E-state index contributed by atoms with van der Waals surface area (Å²) >= 11 is 0. The summed E-state index contributed by atoms with van der Waals surface area (Å²) in [5.74, 6) is 7.87. The molecule has 16 nitrogen and oxygen atoms in total. The van der Waals surface area contributed by atoms with E-state index in [0.717, 1.165) is 83.4 Å². The largest absolute Gasteiger partial charge is 0.444 e. The molecule has 3 N–H and O–H groups in total. The molecule has 0 radical (unpaired) electrons. The van der Waals surface area contributed by atoms with Crippen LogP contribution in [-0.2, 0) is 16.6 Å². The number of imidazole rings is 1. The Bertz CT molecular complexity index is 2690. The van der Waals surface area contributed by atoms with Gasteiger partial charge in [0.05, 0.1) is 28.3 Å². The first-order valence-corrected chi connectivity index (χ1v) is 23.2. The van der Waals surface area contributed by atoms with E-state index in [4.69, 9.17) is 4.42 Å². The first kappa shape index (κ1) is 45.0. The number of para-hydroxylation sites is 1. The quantitative estimate of drug-likeness (QED) is 0.0784. The number of oxazole rings is 1. The van der Waals surface area contributed by atoms with Gasteiger partial charge in [0.1, 0.15) is 18.1 Å². The number of carbonyl (C=O) groups excluding carboxylic acids is 3. The molecule has 2 aliphatic heterocycles. The third-order valence-corrected chi connectivity index (χ3v) is 13.7. The van der Waals surface area contributed by atoms with E-state index in [1.54, 1.807) is 30.1 Å². The summed E-state index contributed by atoms with van der Waals surface area (Å²) in [5.41, 5.74) is 1.88. The second-order valence-corrected chi connectivity index (χ2v) is 18.5. The van der Waals surface area contributed by atoms with Crippen LogP contribution in [0.4, 0.5) is 20.3 Å². The SMILES string of the molecule is CN(CC1CCC(n2cc(NC(=O)c3coc(-c4ccnc(NCC5CC5)c4)n3)c(C(F)F)n2)CC1)CC1CCN(CCC#Cc2cccc3c2n(C)c(=O)n3C2CCC(=O)NC2=O)CC1. The molecule has 2 aliphatic carbocycles. The van der Waals surface area contributed by atoms with Crippen LogP contribution in [0.25, 0.3) is 22.5 Å². The molecule has 4 aliphatic rings. The van der Waals surface area contributed by atoms with E-state index < -0.39 is 30.0 Å². The molecule has 0 bridgehead atoms. The minimum atomic E-state index is -2.86. The number of pyridine rings is 1. The van der Waals surface area contributed by atoms with Crippen molar-refractivity contribution in [3.8, 4) is 23.3 Å². The predicted octanol–water partition coefficient (Wildman–Crippen LogP) is 6.39. The lowest BCUT2D eigenvalue weighted by atomic mass is 9.85. The van der Waals surface area contributed by atoms with Gasteiger partial charge in [-0.2, -0.15) is 5.10 Å². The molecule has 348 valence electrons. The van der Waals surface area contributed by atoms with Crippen molar-refractivity contribution in [1.29, 1.82) is 0 Å². The normalized spacial score (nSPS) is 20.7. The summed E-state index contributed by atoms with van der Waals surface area (Å²) in [6.45, 7) is 5.76. The van der Waals surface area contributed by atoms with Gasteiger partial charge >= 0.3 is 5.69 Å². The van der Waals surface area contributed by atoms with E-state index >= 15 is 0 Å². The molecule has 4 aromatic heterocycles. The van der Waals surface area contributed by atoms with Gasteiger partial charge < -0.3 is 24.9 Å². The second-order valence-electron chi connectivity index (χ2n) is 18.5. The third-order valence-electron chi connectivity index (χ3n) is 13.7. The Balaban J connectivity index is 0.709. The molecule has 18 heteroatoms. The van der Waals surface area contributed by atoms with E-state index in [9.17, 15) is 28.0 Å². The number of benzene rings is 1. The van der Waals surface area contributed by atoms with Gasteiger partial charge in [0.2, 0.25) is 17.7 Å². The van der Waals surface area contributed by atoms with E-state index in [-0.39, 0.29) is 47.8 Å². The third kappa shape index (κ3) is 10.3. The number of halogens is 2. The molecule has 0 spiro atoms. The number of imide groups is 1. The van der Waals surface area contributed by atoms with Crippen LogP contribution in [0.15, 0.2) is 58.2 Å². The zero-order chi connectivity index (χ0) is 45.9. The lowest BCUT2D eigenvalue weighted by molar-refractivity contribution is -0.135. The molecule has 66 heavy (non-hydrogen) atoms. The van der Waals surface area contributed by atoms with Gasteiger partial charge in [0, 0.05) is 64.0 Å². The number of hydrogen-bond acceptors (Lipinski definition) is 11. The van der Waals surface area contributed by atoms with Crippen LogP contribution in [0, 0.1) is 29.6 Å². The number of aryl methyl sites for hydroxylation is 1. The second kappa shape index (κ2) is 19.7. The highest BCUT2D eigenvalue weighted by atomic mass is 19.3. The van der Waals surface area contributed by atoms with Crippen LogP contribution in [0.5, 0.6) is 0 Å². The van der Waals surface area contributed by atoms with Crippen molar-refractivity contribution in [3.05, 3.63) is 76.4 Å². The van der Waals surface area contributed by atoms with Crippen LogP contribution >= 0.6 is 0 Å². The van der Waals surface area contributed by atoms with Gasteiger partial charge in [0.15, 0.2) is 11.4 Å². The number of amides is 3. The smallest absolute Gasteiger partial charge is 0.329 e. The fourth-order valence-electron chi connectivity index (χ4n) is 9.86. The zero-order valence-corrected chi connectivity index (χ0v) is 37.5. The summed E-state index contributed by atoms with van der Waals surface area (Å²) in [5, 5.41) is 12.5. The number of nitrogens with one attached hydrogen (secondary N) is 3. The molecule has 1 aromatic carbocycles. The van der Waals surface area contributed by atoms with E-state index in [1.807, 2.05) is 18.2 Å². The van der Waals surface area contributed by atoms with Crippen molar-refractivity contribution in [2.24, 2.45) is 24.8 Å². The van der Waals surface area contributed by atoms with Crippen molar-refractivity contribution in [2.45, 2.75) is 89.1 Å². The van der Waals surface area contributed by atoms with Crippen molar-refractivity contribution in [2.75, 3.05) is 56.9 Å². The highest BCUT2D eigenvalue weighted by Crippen LogP contribution is 2.36. The number of fused-ring (bicyclic) bond motifs is 1. The number of nitrogens with zero attached hydrogens (tertiary/aromatic N) is 8. The summed E-state index contributed by atoms with van der Waals surface area (Å²) in [6.07, 6.45) is 10.9. The van der Waals surface area contributed by atoms with Crippen molar-refractivity contribution < 1.29 is 27.6 Å². The summed E-state index contributed by atoms with van der Waals surface area (Å²) < 4.78 is 38.6. The lowest BCUT2D eigenvalue weighted by Gasteiger charge is -2.35. The molecule has 4 fully saturated rings. The Morgan fingerprint density at radius 3 is 2.50 bits per heavy atom. The standard InChI is InChI=1S/C48H57F2N11O5/c1-57(27-32-18-22-59(23-19-32)21-4-3-6-33-7-5-8-38-43(33)58(2)48(65)61(38)39-15-16-41(62)55-46(39)64)26-31-11-13-35(14-12-31)60-28-36(42(56-60)44(49)50)53-45(63)37-29-66-47(54-37)34-17-20-51-40(24-34)52-25-30-9-10-30/h5,7-8,17,20,24,28-32,35,39,44H,4,9-16,18-19,21-23,25-27H2,1-2H3,(H,51,52)(H,53,63)(H,55,62,64). The minimum absolute atomic E-state index is 0.0241. The molecule has 5 aromatic rings. The summed E-state index contributed by atoms with van der Waals surface area (Å²) in [7, 11) is 3.88. The Kier molecular flexibility index (Phi) is 13.4. The molecule has 3 amide bonds. The maximum absolute atomic E-state index is 14.2. The first-order valence-electron chi connectivity index (χ1n) is 23.2. The van der Waals surface area contributed by atoms with E-state index in [1.165, 1.54) is 34.4 Å². The molecule has 1 atom stereocenters. The minimum Gasteiger partial charge on any atom is -0.444 e. The van der Waals surface area contributed by atoms with Crippen LogP contribution in [0.1, 0.15) is 111 Å². The molecule has 2 saturated carbocycles. The number of alkyl halides is 2. The highest BCUT2D eigenvalue weighted by molar-refractivity contribution is 6.03. The fraction of sp³-hybridized carbons (Fsp3) is 0.521. The van der Waals surface area contributed by atoms with Gasteiger partial charge in [-0.05, 0) is 120 Å². The van der Waals surface area contributed by atoms with Crippen LogP contribution in [0.2, 0.25) is 0 Å². The molecular weight excluding hydrogens is 849 g/mol. The maximum Gasteiger partial charge on any atom is 0.329 e. The van der Waals surface area contributed by atoms with E-state index in [0.29, 0.717) is 46.6 Å². The Hall–Kier alpha value is -6.19. The van der Waals surface area contributed by atoms with Gasteiger partial charge in [-0.25, -0.2) is 23.5 Å². The van der Waals surface area contributed by atoms with E-state index in [2.05, 4.69) is 59.7 Å². The lowest BCUT2D eigenvalue weighted by Crippen LogP contribution is -2.44. The number of carbonyl (C=O) groups is 3. The zero-order valence-electron chi connectivity index (χ0n) is 37.5. The topological polar surface area (TPSA) is 177 Å². The Morgan fingerprint density at radius 2 is 1.76 bits per heavy atom. The summed E-state index contributed by atoms with van der Waals surface area (Å²) in [4.78, 5) is 64.4. The highest BCUT2D eigenvalue weighted by Gasteiger charge is 2.32. The number of rotatable bonds is 15. The van der Waals surface area contributed by atoms with Gasteiger partial charge in [0.25, 0.3) is 12.3 Å². The van der Waals surface area contributed by atoms with Crippen LogP contribution in [0.3, 0.4) is 0 Å². The van der Waals surface area contributed by atoms with Crippen LogP contribution < -0.4 is 21.6 Å². The van der Waals surface area contributed by atoms with Crippen molar-refractivity contribution in [3.63, 3.8) is 0 Å².